The molecule has 1 aliphatic rings. The summed E-state index contributed by atoms with van der Waals surface area (Å²) in [6.45, 7) is 5.25. The lowest BCUT2D eigenvalue weighted by atomic mass is 10.3. The second kappa shape index (κ2) is 7.45. The number of aromatic nitrogens is 4. The van der Waals surface area contributed by atoms with Gasteiger partial charge in [0.25, 0.3) is 5.82 Å². The van der Waals surface area contributed by atoms with Gasteiger partial charge in [-0.1, -0.05) is 12.1 Å². The van der Waals surface area contributed by atoms with E-state index in [2.05, 4.69) is 14.5 Å². The van der Waals surface area contributed by atoms with Gasteiger partial charge < -0.3 is 19.4 Å². The molecule has 27 heavy (non-hydrogen) atoms. The monoisotopic (exact) mass is 370 g/mol. The van der Waals surface area contributed by atoms with Crippen LogP contribution in [0.1, 0.15) is 6.42 Å². The third kappa shape index (κ3) is 3.43. The van der Waals surface area contributed by atoms with Crippen LogP contribution in [0.5, 0.6) is 0 Å². The molecular weight excluding hydrogens is 348 g/mol. The average Bonchev–Trinajstić information content (AvgIpc) is 3.23. The first kappa shape index (κ1) is 17.6. The number of imidazole rings is 2. The zero-order chi connectivity index (χ0) is 18.8. The molecule has 0 unspecified atom stereocenters. The SMILES string of the molecule is Cn1c([N+](=O)[O-])cnc1-c1nc2ccccc2n1CCCN1CCOCC1. The normalized spacial score (nSPS) is 15.4. The summed E-state index contributed by atoms with van der Waals surface area (Å²) in [4.78, 5) is 22.1. The molecule has 2 aromatic heterocycles. The maximum atomic E-state index is 11.2. The minimum absolute atomic E-state index is 0.0445. The van der Waals surface area contributed by atoms with Gasteiger partial charge in [0.2, 0.25) is 5.82 Å². The third-order valence-corrected chi connectivity index (χ3v) is 4.97. The highest BCUT2D eigenvalue weighted by molar-refractivity contribution is 5.79. The lowest BCUT2D eigenvalue weighted by Gasteiger charge is -2.26. The van der Waals surface area contributed by atoms with Crippen LogP contribution in [0.2, 0.25) is 0 Å². The Morgan fingerprint density at radius 2 is 1.96 bits per heavy atom. The maximum absolute atomic E-state index is 11.2. The number of fused-ring (bicyclic) bond motifs is 1. The van der Waals surface area contributed by atoms with Gasteiger partial charge in [-0.2, -0.15) is 0 Å². The van der Waals surface area contributed by atoms with Crippen molar-refractivity contribution in [1.29, 1.82) is 0 Å². The van der Waals surface area contributed by atoms with Crippen molar-refractivity contribution in [2.24, 2.45) is 7.05 Å². The van der Waals surface area contributed by atoms with Gasteiger partial charge in [-0.25, -0.2) is 14.5 Å². The van der Waals surface area contributed by atoms with Crippen molar-refractivity contribution in [2.75, 3.05) is 32.8 Å². The van der Waals surface area contributed by atoms with Crippen LogP contribution in [-0.4, -0.2) is 61.8 Å². The molecule has 1 aromatic carbocycles. The smallest absolute Gasteiger partial charge is 0.343 e. The highest BCUT2D eigenvalue weighted by Gasteiger charge is 2.23. The molecule has 0 atom stereocenters. The molecule has 4 rings (SSSR count). The third-order valence-electron chi connectivity index (χ3n) is 4.97. The summed E-state index contributed by atoms with van der Waals surface area (Å²) in [6, 6.07) is 7.90. The predicted molar refractivity (Wildman–Crippen MR) is 100 cm³/mol. The van der Waals surface area contributed by atoms with E-state index in [4.69, 9.17) is 9.72 Å². The number of ether oxygens (including phenoxy) is 1. The number of hydrogen-bond acceptors (Lipinski definition) is 6. The molecule has 0 saturated carbocycles. The van der Waals surface area contributed by atoms with Crippen molar-refractivity contribution in [1.82, 2.24) is 24.0 Å². The fourth-order valence-electron chi connectivity index (χ4n) is 3.53. The van der Waals surface area contributed by atoms with Gasteiger partial charge in [-0.3, -0.25) is 4.90 Å². The van der Waals surface area contributed by atoms with Crippen molar-refractivity contribution >= 4 is 16.9 Å². The van der Waals surface area contributed by atoms with E-state index < -0.39 is 4.92 Å². The highest BCUT2D eigenvalue weighted by atomic mass is 16.6. The van der Waals surface area contributed by atoms with Crippen molar-refractivity contribution in [3.05, 3.63) is 40.6 Å². The summed E-state index contributed by atoms with van der Waals surface area (Å²) < 4.78 is 9.00. The lowest BCUT2D eigenvalue weighted by Crippen LogP contribution is -2.37. The van der Waals surface area contributed by atoms with E-state index in [1.807, 2.05) is 24.3 Å². The van der Waals surface area contributed by atoms with E-state index in [1.54, 1.807) is 7.05 Å². The minimum atomic E-state index is -0.429. The van der Waals surface area contributed by atoms with E-state index in [0.29, 0.717) is 11.6 Å². The van der Waals surface area contributed by atoms with Crippen LogP contribution in [0.3, 0.4) is 0 Å². The van der Waals surface area contributed by atoms with Crippen molar-refractivity contribution in [3.63, 3.8) is 0 Å². The summed E-state index contributed by atoms with van der Waals surface area (Å²) >= 11 is 0. The molecule has 3 heterocycles. The zero-order valence-corrected chi connectivity index (χ0v) is 15.2. The van der Waals surface area contributed by atoms with Crippen LogP contribution < -0.4 is 0 Å². The molecule has 0 spiro atoms. The molecule has 1 fully saturated rings. The molecule has 3 aromatic rings. The van der Waals surface area contributed by atoms with Crippen LogP contribution in [-0.2, 0) is 18.3 Å². The summed E-state index contributed by atoms with van der Waals surface area (Å²) in [7, 11) is 1.65. The van der Waals surface area contributed by atoms with Crippen LogP contribution in [0, 0.1) is 10.1 Å². The van der Waals surface area contributed by atoms with Crippen molar-refractivity contribution < 1.29 is 9.66 Å². The standard InChI is InChI=1S/C18H22N6O3/c1-21-16(24(25)26)13-19-17(21)18-20-14-5-2-3-6-15(14)23(18)8-4-7-22-9-11-27-12-10-22/h2-3,5-6,13H,4,7-12H2,1H3. The molecule has 0 amide bonds. The molecule has 0 aliphatic carbocycles. The van der Waals surface area contributed by atoms with Gasteiger partial charge in [-0.15, -0.1) is 0 Å². The maximum Gasteiger partial charge on any atom is 0.343 e. The van der Waals surface area contributed by atoms with Crippen LogP contribution in [0.15, 0.2) is 30.5 Å². The van der Waals surface area contributed by atoms with Gasteiger partial charge in [-0.05, 0) is 23.5 Å². The first-order valence-electron chi connectivity index (χ1n) is 9.07. The zero-order valence-electron chi connectivity index (χ0n) is 15.2. The Balaban J connectivity index is 1.64. The summed E-state index contributed by atoms with van der Waals surface area (Å²) in [6.07, 6.45) is 2.24. The average molecular weight is 370 g/mol. The van der Waals surface area contributed by atoms with Gasteiger partial charge in [0.15, 0.2) is 0 Å². The first-order valence-corrected chi connectivity index (χ1v) is 9.07. The molecule has 1 saturated heterocycles. The number of benzene rings is 1. The largest absolute Gasteiger partial charge is 0.379 e. The Hall–Kier alpha value is -2.78. The first-order chi connectivity index (χ1) is 13.1. The number of nitrogens with zero attached hydrogens (tertiary/aromatic N) is 6. The quantitative estimate of drug-likeness (QED) is 0.487. The van der Waals surface area contributed by atoms with Gasteiger partial charge >= 0.3 is 5.82 Å². The Bertz CT molecular complexity index is 957. The summed E-state index contributed by atoms with van der Waals surface area (Å²) in [5.41, 5.74) is 1.88. The molecule has 9 heteroatoms. The number of hydrogen-bond donors (Lipinski definition) is 0. The molecule has 0 radical (unpaired) electrons. The Labute approximate surface area is 156 Å². The summed E-state index contributed by atoms with van der Waals surface area (Å²) in [5, 5.41) is 11.2. The molecule has 0 N–H and O–H groups in total. The van der Waals surface area contributed by atoms with Crippen LogP contribution in [0.25, 0.3) is 22.7 Å². The predicted octanol–water partition coefficient (Wildman–Crippen LogP) is 2.07. The Morgan fingerprint density at radius 3 is 2.70 bits per heavy atom. The lowest BCUT2D eigenvalue weighted by molar-refractivity contribution is -0.391. The molecular formula is C18H22N6O3. The Kier molecular flexibility index (Phi) is 4.87. The number of para-hydroxylation sites is 2. The van der Waals surface area contributed by atoms with Gasteiger partial charge in [0.05, 0.1) is 31.3 Å². The van der Waals surface area contributed by atoms with Crippen LogP contribution >= 0.6 is 0 Å². The molecule has 142 valence electrons. The highest BCUT2D eigenvalue weighted by Crippen LogP contribution is 2.26. The fourth-order valence-corrected chi connectivity index (χ4v) is 3.53. The number of nitro groups is 1. The van der Waals surface area contributed by atoms with E-state index in [-0.39, 0.29) is 5.82 Å². The number of aryl methyl sites for hydroxylation is 1. The van der Waals surface area contributed by atoms with E-state index >= 15 is 0 Å². The van der Waals surface area contributed by atoms with Crippen molar-refractivity contribution in [2.45, 2.75) is 13.0 Å². The molecule has 0 bridgehead atoms. The van der Waals surface area contributed by atoms with E-state index in [0.717, 1.165) is 56.8 Å². The van der Waals surface area contributed by atoms with Crippen molar-refractivity contribution in [3.8, 4) is 11.6 Å². The fraction of sp³-hybridized carbons (Fsp3) is 0.444. The van der Waals surface area contributed by atoms with E-state index in [9.17, 15) is 10.1 Å². The van der Waals surface area contributed by atoms with E-state index in [1.165, 1.54) is 10.8 Å². The topological polar surface area (TPSA) is 91.2 Å². The second-order valence-corrected chi connectivity index (χ2v) is 6.64. The van der Waals surface area contributed by atoms with Gasteiger partial charge in [0, 0.05) is 26.2 Å². The number of morpholine rings is 1. The Morgan fingerprint density at radius 1 is 1.19 bits per heavy atom. The number of rotatable bonds is 6. The molecule has 9 nitrogen and oxygen atoms in total. The van der Waals surface area contributed by atoms with Crippen LogP contribution in [0.4, 0.5) is 5.82 Å². The minimum Gasteiger partial charge on any atom is -0.379 e. The molecule has 1 aliphatic heterocycles. The van der Waals surface area contributed by atoms with Gasteiger partial charge in [0.1, 0.15) is 6.20 Å². The second-order valence-electron chi connectivity index (χ2n) is 6.64. The summed E-state index contributed by atoms with van der Waals surface area (Å²) in [5.74, 6) is 1.12.